The number of piperazine rings is 1. The average molecular weight is 363 g/mol. The molecule has 2 aromatic rings. The fourth-order valence-corrected chi connectivity index (χ4v) is 3.81. The van der Waals surface area contributed by atoms with E-state index < -0.39 is 0 Å². The average Bonchev–Trinajstić information content (AvgIpc) is 3.04. The highest BCUT2D eigenvalue weighted by atomic mass is 35.5. The largest absolute Gasteiger partial charge is 0.396 e. The number of halogens is 1. The first kappa shape index (κ1) is 18.4. The van der Waals surface area contributed by atoms with Gasteiger partial charge in [0.05, 0.1) is 11.9 Å². The van der Waals surface area contributed by atoms with Crippen LogP contribution in [0.5, 0.6) is 0 Å². The Bertz CT molecular complexity index is 688. The number of aromatic nitrogens is 2. The third-order valence-corrected chi connectivity index (χ3v) is 5.09. The molecule has 1 saturated heterocycles. The van der Waals surface area contributed by atoms with Gasteiger partial charge in [-0.05, 0) is 38.5 Å². The summed E-state index contributed by atoms with van der Waals surface area (Å²) in [6.07, 6.45) is 4.83. The Kier molecular flexibility index (Phi) is 6.12. The molecule has 0 spiro atoms. The lowest BCUT2D eigenvalue weighted by molar-refractivity contribution is 0.0349. The van der Waals surface area contributed by atoms with Crippen molar-refractivity contribution >= 4 is 11.6 Å². The lowest BCUT2D eigenvalue weighted by atomic mass is 10.1. The van der Waals surface area contributed by atoms with Crippen molar-refractivity contribution in [3.05, 3.63) is 47.2 Å². The maximum atomic E-state index is 9.38. The smallest absolute Gasteiger partial charge is 0.0660 e. The van der Waals surface area contributed by atoms with Crippen LogP contribution in [0.15, 0.2) is 36.7 Å². The van der Waals surface area contributed by atoms with Gasteiger partial charge >= 0.3 is 0 Å². The monoisotopic (exact) mass is 362 g/mol. The maximum Gasteiger partial charge on any atom is 0.0660 e. The number of hydrogen-bond donors (Lipinski definition) is 1. The minimum absolute atomic E-state index is 0.244. The second-order valence-electron chi connectivity index (χ2n) is 7.01. The number of rotatable bonds is 6. The summed E-state index contributed by atoms with van der Waals surface area (Å²) < 4.78 is 1.87. The highest BCUT2D eigenvalue weighted by Crippen LogP contribution is 2.19. The molecule has 1 atom stereocenters. The number of nitrogens with zero attached hydrogens (tertiary/aromatic N) is 4. The Morgan fingerprint density at radius 2 is 2.16 bits per heavy atom. The van der Waals surface area contributed by atoms with E-state index in [1.54, 1.807) is 0 Å². The first-order chi connectivity index (χ1) is 12.1. The van der Waals surface area contributed by atoms with Gasteiger partial charge in [-0.2, -0.15) is 5.10 Å². The molecule has 1 aliphatic rings. The quantitative estimate of drug-likeness (QED) is 0.858. The molecule has 1 aliphatic heterocycles. The summed E-state index contributed by atoms with van der Waals surface area (Å²) >= 11 is 6.07. The summed E-state index contributed by atoms with van der Waals surface area (Å²) in [5, 5.41) is 14.6. The predicted octanol–water partition coefficient (Wildman–Crippen LogP) is 2.80. The molecular weight excluding hydrogens is 336 g/mol. The van der Waals surface area contributed by atoms with Crippen LogP contribution >= 0.6 is 11.6 Å². The minimum Gasteiger partial charge on any atom is -0.396 e. The van der Waals surface area contributed by atoms with Crippen LogP contribution in [0.3, 0.4) is 0 Å². The van der Waals surface area contributed by atoms with Gasteiger partial charge in [0.1, 0.15) is 0 Å². The van der Waals surface area contributed by atoms with Crippen LogP contribution in [0.25, 0.3) is 5.69 Å². The van der Waals surface area contributed by atoms with Gasteiger partial charge < -0.3 is 5.11 Å². The molecule has 0 amide bonds. The zero-order valence-corrected chi connectivity index (χ0v) is 15.7. The molecule has 1 fully saturated rings. The zero-order valence-electron chi connectivity index (χ0n) is 15.0. The van der Waals surface area contributed by atoms with Gasteiger partial charge in [-0.3, -0.25) is 9.80 Å². The number of aliphatic hydroxyl groups excluding tert-OH is 1. The molecule has 1 N–H and O–H groups in total. The standard InChI is InChI=1S/C19H27ClN4O/c1-15(2)23-8-7-22(14-19(23)6-9-25)12-16-11-21-24(13-16)18-5-3-4-17(20)10-18/h3-5,10-11,13,15,19,25H,6-9,12,14H2,1-2H3. The third kappa shape index (κ3) is 4.61. The molecule has 0 saturated carbocycles. The second-order valence-corrected chi connectivity index (χ2v) is 7.44. The first-order valence-corrected chi connectivity index (χ1v) is 9.33. The molecular formula is C19H27ClN4O. The molecule has 1 unspecified atom stereocenters. The molecule has 0 bridgehead atoms. The molecule has 136 valence electrons. The van der Waals surface area contributed by atoms with Crippen LogP contribution in [0.4, 0.5) is 0 Å². The van der Waals surface area contributed by atoms with Crippen molar-refractivity contribution in [3.63, 3.8) is 0 Å². The van der Waals surface area contributed by atoms with E-state index >= 15 is 0 Å². The second kappa shape index (κ2) is 8.32. The number of aliphatic hydroxyl groups is 1. The highest BCUT2D eigenvalue weighted by molar-refractivity contribution is 6.30. The van der Waals surface area contributed by atoms with Crippen LogP contribution in [0, 0.1) is 0 Å². The molecule has 25 heavy (non-hydrogen) atoms. The van der Waals surface area contributed by atoms with Crippen molar-refractivity contribution in [2.24, 2.45) is 0 Å². The van der Waals surface area contributed by atoms with Crippen LogP contribution in [-0.4, -0.2) is 63.0 Å². The molecule has 5 nitrogen and oxygen atoms in total. The van der Waals surface area contributed by atoms with Gasteiger partial charge in [0, 0.05) is 61.7 Å². The van der Waals surface area contributed by atoms with E-state index in [9.17, 15) is 5.11 Å². The Morgan fingerprint density at radius 1 is 1.32 bits per heavy atom. The van der Waals surface area contributed by atoms with E-state index in [1.807, 2.05) is 35.1 Å². The van der Waals surface area contributed by atoms with Gasteiger partial charge in [0.15, 0.2) is 0 Å². The Balaban J connectivity index is 1.65. The Labute approximate surface area is 154 Å². The van der Waals surface area contributed by atoms with Crippen molar-refractivity contribution < 1.29 is 5.11 Å². The van der Waals surface area contributed by atoms with Gasteiger partial charge in [0.2, 0.25) is 0 Å². The van der Waals surface area contributed by atoms with Gasteiger partial charge in [-0.25, -0.2) is 4.68 Å². The summed E-state index contributed by atoms with van der Waals surface area (Å²) in [4.78, 5) is 4.96. The van der Waals surface area contributed by atoms with Crippen molar-refractivity contribution in [2.45, 2.75) is 38.9 Å². The first-order valence-electron chi connectivity index (χ1n) is 8.95. The van der Waals surface area contributed by atoms with E-state index in [1.165, 1.54) is 5.56 Å². The summed E-state index contributed by atoms with van der Waals surface area (Å²) in [5.41, 5.74) is 2.17. The van der Waals surface area contributed by atoms with E-state index in [4.69, 9.17) is 11.6 Å². The fourth-order valence-electron chi connectivity index (χ4n) is 3.62. The molecule has 1 aromatic carbocycles. The molecule has 3 rings (SSSR count). The van der Waals surface area contributed by atoms with Gasteiger partial charge in [-0.15, -0.1) is 0 Å². The van der Waals surface area contributed by atoms with Crippen LogP contribution in [-0.2, 0) is 6.54 Å². The van der Waals surface area contributed by atoms with Gasteiger partial charge in [-0.1, -0.05) is 17.7 Å². The summed E-state index contributed by atoms with van der Waals surface area (Å²) in [7, 11) is 0. The zero-order chi connectivity index (χ0) is 17.8. The number of benzene rings is 1. The predicted molar refractivity (Wildman–Crippen MR) is 101 cm³/mol. The van der Waals surface area contributed by atoms with E-state index in [0.717, 1.165) is 38.3 Å². The molecule has 0 radical (unpaired) electrons. The lowest BCUT2D eigenvalue weighted by Gasteiger charge is -2.43. The third-order valence-electron chi connectivity index (χ3n) is 4.85. The van der Waals surface area contributed by atoms with Crippen LogP contribution in [0.2, 0.25) is 5.02 Å². The normalized spacial score (nSPS) is 19.6. The van der Waals surface area contributed by atoms with Gasteiger partial charge in [0.25, 0.3) is 0 Å². The van der Waals surface area contributed by atoms with Crippen molar-refractivity contribution in [1.82, 2.24) is 19.6 Å². The Hall–Kier alpha value is -1.40. The lowest BCUT2D eigenvalue weighted by Crippen LogP contribution is -2.55. The SMILES string of the molecule is CC(C)N1CCN(Cc2cnn(-c3cccc(Cl)c3)c2)CC1CCO. The van der Waals surface area contributed by atoms with Crippen molar-refractivity contribution in [2.75, 3.05) is 26.2 Å². The molecule has 1 aromatic heterocycles. The molecule has 2 heterocycles. The summed E-state index contributed by atoms with van der Waals surface area (Å²) in [5.74, 6) is 0. The van der Waals surface area contributed by atoms with E-state index in [-0.39, 0.29) is 6.61 Å². The molecule has 0 aliphatic carbocycles. The maximum absolute atomic E-state index is 9.38. The fraction of sp³-hybridized carbons (Fsp3) is 0.526. The van der Waals surface area contributed by atoms with E-state index in [0.29, 0.717) is 17.1 Å². The van der Waals surface area contributed by atoms with Crippen molar-refractivity contribution in [3.8, 4) is 5.69 Å². The minimum atomic E-state index is 0.244. The van der Waals surface area contributed by atoms with Crippen molar-refractivity contribution in [1.29, 1.82) is 0 Å². The highest BCUT2D eigenvalue weighted by Gasteiger charge is 2.28. The number of hydrogen-bond acceptors (Lipinski definition) is 4. The summed E-state index contributed by atoms with van der Waals surface area (Å²) in [6, 6.07) is 8.65. The van der Waals surface area contributed by atoms with Crippen LogP contribution in [0.1, 0.15) is 25.8 Å². The molecule has 6 heteroatoms. The van der Waals surface area contributed by atoms with E-state index in [2.05, 4.69) is 34.9 Å². The topological polar surface area (TPSA) is 44.5 Å². The summed E-state index contributed by atoms with van der Waals surface area (Å²) in [6.45, 7) is 8.67. The Morgan fingerprint density at radius 3 is 2.88 bits per heavy atom. The van der Waals surface area contributed by atoms with Crippen LogP contribution < -0.4 is 0 Å².